The number of amides is 1. The predicted molar refractivity (Wildman–Crippen MR) is 92.3 cm³/mol. The first-order valence-corrected chi connectivity index (χ1v) is 8.35. The Kier molecular flexibility index (Phi) is 4.86. The summed E-state index contributed by atoms with van der Waals surface area (Å²) >= 11 is 1.45. The minimum Gasteiger partial charge on any atom is -0.355 e. The molecule has 1 amide bonds. The molecular weight excluding hydrogens is 324 g/mol. The van der Waals surface area contributed by atoms with Gasteiger partial charge in [0.05, 0.1) is 4.88 Å². The molecule has 24 heavy (non-hydrogen) atoms. The highest BCUT2D eigenvalue weighted by Crippen LogP contribution is 2.20. The van der Waals surface area contributed by atoms with E-state index in [0.717, 1.165) is 15.3 Å². The average molecular weight is 340 g/mol. The van der Waals surface area contributed by atoms with Crippen LogP contribution in [0.25, 0.3) is 11.3 Å². The van der Waals surface area contributed by atoms with Gasteiger partial charge in [-0.05, 0) is 25.5 Å². The Morgan fingerprint density at radius 2 is 1.96 bits per heavy atom. The molecule has 2 aromatic heterocycles. The summed E-state index contributed by atoms with van der Waals surface area (Å²) in [6.45, 7) is 2.02. The zero-order valence-corrected chi connectivity index (χ0v) is 13.9. The SMILES string of the molecule is CC(=O)c1ccc(CCNC(=O)c2cc(-c3ccccc3)on2)s1. The number of ketones is 1. The maximum Gasteiger partial charge on any atom is 0.273 e. The summed E-state index contributed by atoms with van der Waals surface area (Å²) in [5, 5.41) is 6.63. The summed E-state index contributed by atoms with van der Waals surface area (Å²) in [5.41, 5.74) is 1.13. The van der Waals surface area contributed by atoms with Gasteiger partial charge in [-0.3, -0.25) is 9.59 Å². The third-order valence-electron chi connectivity index (χ3n) is 3.47. The van der Waals surface area contributed by atoms with Gasteiger partial charge in [0.15, 0.2) is 17.2 Å². The van der Waals surface area contributed by atoms with Crippen LogP contribution in [0.5, 0.6) is 0 Å². The molecule has 0 aliphatic rings. The predicted octanol–water partition coefficient (Wildman–Crippen LogP) is 3.58. The van der Waals surface area contributed by atoms with Crippen molar-refractivity contribution in [2.75, 3.05) is 6.54 Å². The second-order valence-corrected chi connectivity index (χ2v) is 6.44. The van der Waals surface area contributed by atoms with Crippen LogP contribution in [0.4, 0.5) is 0 Å². The lowest BCUT2D eigenvalue weighted by Crippen LogP contribution is -2.25. The van der Waals surface area contributed by atoms with Gasteiger partial charge >= 0.3 is 0 Å². The molecule has 1 aromatic carbocycles. The number of carbonyl (C=O) groups excluding carboxylic acids is 2. The third-order valence-corrected chi connectivity index (χ3v) is 4.71. The molecule has 0 saturated carbocycles. The van der Waals surface area contributed by atoms with Gasteiger partial charge in [0.25, 0.3) is 5.91 Å². The monoisotopic (exact) mass is 340 g/mol. The largest absolute Gasteiger partial charge is 0.355 e. The van der Waals surface area contributed by atoms with Crippen molar-refractivity contribution in [1.29, 1.82) is 0 Å². The van der Waals surface area contributed by atoms with Gasteiger partial charge in [-0.2, -0.15) is 0 Å². The number of hydrogen-bond acceptors (Lipinski definition) is 5. The fourth-order valence-electron chi connectivity index (χ4n) is 2.21. The summed E-state index contributed by atoms with van der Waals surface area (Å²) < 4.78 is 5.22. The number of Topliss-reactive ketones (excluding diaryl/α,β-unsaturated/α-hetero) is 1. The second-order valence-electron chi connectivity index (χ2n) is 5.27. The number of rotatable bonds is 6. The van der Waals surface area contributed by atoms with E-state index in [9.17, 15) is 9.59 Å². The zero-order chi connectivity index (χ0) is 16.9. The van der Waals surface area contributed by atoms with Crippen molar-refractivity contribution in [1.82, 2.24) is 10.5 Å². The van der Waals surface area contributed by atoms with Gasteiger partial charge in [-0.25, -0.2) is 0 Å². The number of nitrogens with one attached hydrogen (secondary N) is 1. The first-order chi connectivity index (χ1) is 11.6. The molecule has 1 N–H and O–H groups in total. The van der Waals surface area contributed by atoms with E-state index in [2.05, 4.69) is 10.5 Å². The van der Waals surface area contributed by atoms with Crippen LogP contribution in [-0.2, 0) is 6.42 Å². The first-order valence-electron chi connectivity index (χ1n) is 7.53. The van der Waals surface area contributed by atoms with E-state index in [0.29, 0.717) is 18.7 Å². The van der Waals surface area contributed by atoms with Gasteiger partial charge in [0.2, 0.25) is 0 Å². The van der Waals surface area contributed by atoms with E-state index in [4.69, 9.17) is 4.52 Å². The van der Waals surface area contributed by atoms with Crippen LogP contribution in [0.15, 0.2) is 53.1 Å². The van der Waals surface area contributed by atoms with Gasteiger partial charge in [0.1, 0.15) is 0 Å². The van der Waals surface area contributed by atoms with Crippen LogP contribution in [0.2, 0.25) is 0 Å². The molecule has 0 atom stereocenters. The maximum absolute atomic E-state index is 12.1. The topological polar surface area (TPSA) is 72.2 Å². The molecule has 0 radical (unpaired) electrons. The number of hydrogen-bond donors (Lipinski definition) is 1. The molecule has 5 nitrogen and oxygen atoms in total. The highest BCUT2D eigenvalue weighted by molar-refractivity contribution is 7.14. The van der Waals surface area contributed by atoms with Crippen LogP contribution in [-0.4, -0.2) is 23.4 Å². The van der Waals surface area contributed by atoms with Crippen molar-refractivity contribution in [3.8, 4) is 11.3 Å². The summed E-state index contributed by atoms with van der Waals surface area (Å²) in [7, 11) is 0. The van der Waals surface area contributed by atoms with Crippen molar-refractivity contribution >= 4 is 23.0 Å². The van der Waals surface area contributed by atoms with Crippen LogP contribution >= 0.6 is 11.3 Å². The Morgan fingerprint density at radius 1 is 1.17 bits per heavy atom. The van der Waals surface area contributed by atoms with Gasteiger partial charge < -0.3 is 9.84 Å². The standard InChI is InChI=1S/C18H16N2O3S/c1-12(21)17-8-7-14(24-17)9-10-19-18(22)15-11-16(23-20-15)13-5-3-2-4-6-13/h2-8,11H,9-10H2,1H3,(H,19,22). The van der Waals surface area contributed by atoms with E-state index >= 15 is 0 Å². The number of aromatic nitrogens is 1. The van der Waals surface area contributed by atoms with Gasteiger partial charge in [-0.1, -0.05) is 35.5 Å². The quantitative estimate of drug-likeness (QED) is 0.696. The van der Waals surface area contributed by atoms with Crippen molar-refractivity contribution < 1.29 is 14.1 Å². The van der Waals surface area contributed by atoms with Crippen LogP contribution in [0.1, 0.15) is 32.0 Å². The number of thiophene rings is 1. The summed E-state index contributed by atoms with van der Waals surface area (Å²) in [6.07, 6.45) is 0.674. The van der Waals surface area contributed by atoms with Crippen molar-refractivity contribution in [2.24, 2.45) is 0 Å². The smallest absolute Gasteiger partial charge is 0.273 e. The molecule has 0 unspecified atom stereocenters. The first kappa shape index (κ1) is 16.1. The lowest BCUT2D eigenvalue weighted by atomic mass is 10.1. The highest BCUT2D eigenvalue weighted by atomic mass is 32.1. The maximum atomic E-state index is 12.1. The summed E-state index contributed by atoms with van der Waals surface area (Å²) in [5.74, 6) is 0.348. The van der Waals surface area contributed by atoms with Crippen LogP contribution < -0.4 is 5.32 Å². The Bertz CT molecular complexity index is 852. The number of carbonyl (C=O) groups is 2. The van der Waals surface area contributed by atoms with E-state index in [-0.39, 0.29) is 17.4 Å². The molecular formula is C18H16N2O3S. The fourth-order valence-corrected chi connectivity index (χ4v) is 3.11. The zero-order valence-electron chi connectivity index (χ0n) is 13.1. The molecule has 3 aromatic rings. The molecule has 122 valence electrons. The van der Waals surface area contributed by atoms with E-state index in [1.54, 1.807) is 13.0 Å². The molecule has 0 spiro atoms. The minimum absolute atomic E-state index is 0.0614. The van der Waals surface area contributed by atoms with Crippen LogP contribution in [0.3, 0.4) is 0 Å². The van der Waals surface area contributed by atoms with E-state index in [1.807, 2.05) is 42.5 Å². The molecule has 0 bridgehead atoms. The fraction of sp³-hybridized carbons (Fsp3) is 0.167. The number of nitrogens with zero attached hydrogens (tertiary/aromatic N) is 1. The Morgan fingerprint density at radius 3 is 2.67 bits per heavy atom. The average Bonchev–Trinajstić information content (AvgIpc) is 3.25. The Hall–Kier alpha value is -2.73. The normalized spacial score (nSPS) is 10.5. The lowest BCUT2D eigenvalue weighted by molar-refractivity contribution is 0.0944. The molecule has 3 rings (SSSR count). The molecule has 2 heterocycles. The Balaban J connectivity index is 1.55. The molecule has 0 saturated heterocycles. The van der Waals surface area contributed by atoms with Crippen LogP contribution in [0, 0.1) is 0 Å². The number of benzene rings is 1. The van der Waals surface area contributed by atoms with Crippen molar-refractivity contribution in [3.63, 3.8) is 0 Å². The van der Waals surface area contributed by atoms with E-state index < -0.39 is 0 Å². The molecule has 6 heteroatoms. The Labute approximate surface area is 143 Å². The molecule has 0 aliphatic carbocycles. The van der Waals surface area contributed by atoms with E-state index in [1.165, 1.54) is 11.3 Å². The van der Waals surface area contributed by atoms with Gasteiger partial charge in [0, 0.05) is 23.1 Å². The summed E-state index contributed by atoms with van der Waals surface area (Å²) in [4.78, 5) is 25.2. The minimum atomic E-state index is -0.274. The van der Waals surface area contributed by atoms with Crippen molar-refractivity contribution in [3.05, 3.63) is 64.0 Å². The van der Waals surface area contributed by atoms with Crippen molar-refractivity contribution in [2.45, 2.75) is 13.3 Å². The highest BCUT2D eigenvalue weighted by Gasteiger charge is 2.13. The van der Waals surface area contributed by atoms with Gasteiger partial charge in [-0.15, -0.1) is 11.3 Å². The molecule has 0 fully saturated rings. The molecule has 0 aliphatic heterocycles. The third kappa shape index (κ3) is 3.78. The summed E-state index contributed by atoms with van der Waals surface area (Å²) in [6, 6.07) is 14.9. The lowest BCUT2D eigenvalue weighted by Gasteiger charge is -2.00. The second kappa shape index (κ2) is 7.23.